The number of rotatable bonds is 7. The maximum absolute atomic E-state index is 12.1. The van der Waals surface area contributed by atoms with Crippen LogP contribution in [0.3, 0.4) is 0 Å². The minimum atomic E-state index is 0.0597. The maximum Gasteiger partial charge on any atom is 0.221 e. The molecule has 2 aromatic rings. The number of halogens is 1. The van der Waals surface area contributed by atoms with Crippen molar-refractivity contribution in [1.29, 1.82) is 0 Å². The topological polar surface area (TPSA) is 61.6 Å². The van der Waals surface area contributed by atoms with E-state index in [2.05, 4.69) is 20.3 Å². The second kappa shape index (κ2) is 9.16. The van der Waals surface area contributed by atoms with Crippen LogP contribution in [0.5, 0.6) is 0 Å². The van der Waals surface area contributed by atoms with Crippen LogP contribution in [0.25, 0.3) is 0 Å². The van der Waals surface area contributed by atoms with Gasteiger partial charge < -0.3 is 14.7 Å². The average Bonchev–Trinajstić information content (AvgIpc) is 3.05. The summed E-state index contributed by atoms with van der Waals surface area (Å²) in [5, 5.41) is 7.56. The highest BCUT2D eigenvalue weighted by Crippen LogP contribution is 2.14. The van der Waals surface area contributed by atoms with Gasteiger partial charge in [0.15, 0.2) is 5.76 Å². The van der Waals surface area contributed by atoms with Gasteiger partial charge in [-0.3, -0.25) is 9.69 Å². The van der Waals surface area contributed by atoms with E-state index in [0.29, 0.717) is 18.0 Å². The van der Waals surface area contributed by atoms with Crippen LogP contribution < -0.4 is 5.32 Å². The molecule has 0 spiro atoms. The van der Waals surface area contributed by atoms with E-state index >= 15 is 0 Å². The highest BCUT2D eigenvalue weighted by molar-refractivity contribution is 6.31. The molecule has 7 heteroatoms. The van der Waals surface area contributed by atoms with Crippen molar-refractivity contribution in [2.24, 2.45) is 0 Å². The Morgan fingerprint density at radius 3 is 2.65 bits per heavy atom. The van der Waals surface area contributed by atoms with Crippen LogP contribution in [0.1, 0.15) is 23.4 Å². The zero-order valence-corrected chi connectivity index (χ0v) is 15.8. The minimum absolute atomic E-state index is 0.0597. The third kappa shape index (κ3) is 5.56. The van der Waals surface area contributed by atoms with Crippen molar-refractivity contribution in [3.05, 3.63) is 52.4 Å². The molecule has 1 fully saturated rings. The van der Waals surface area contributed by atoms with Crippen molar-refractivity contribution < 1.29 is 9.32 Å². The average molecular weight is 377 g/mol. The van der Waals surface area contributed by atoms with E-state index < -0.39 is 0 Å². The van der Waals surface area contributed by atoms with E-state index in [1.54, 1.807) is 0 Å². The van der Waals surface area contributed by atoms with Crippen LogP contribution in [-0.4, -0.2) is 53.6 Å². The molecule has 1 N–H and O–H groups in total. The van der Waals surface area contributed by atoms with Gasteiger partial charge >= 0.3 is 0 Å². The first-order valence-electron chi connectivity index (χ1n) is 8.97. The van der Waals surface area contributed by atoms with Crippen LogP contribution in [0, 0.1) is 6.92 Å². The fraction of sp³-hybridized carbons (Fsp3) is 0.474. The van der Waals surface area contributed by atoms with E-state index in [4.69, 9.17) is 16.1 Å². The normalized spacial score (nSPS) is 15.9. The zero-order chi connectivity index (χ0) is 18.4. The number of piperazine rings is 1. The third-order valence-electron chi connectivity index (χ3n) is 4.61. The number of hydrogen-bond acceptors (Lipinski definition) is 5. The molecule has 6 nitrogen and oxygen atoms in total. The van der Waals surface area contributed by atoms with Crippen molar-refractivity contribution in [1.82, 2.24) is 20.3 Å². The molecule has 1 aromatic heterocycles. The molecule has 0 bridgehead atoms. The summed E-state index contributed by atoms with van der Waals surface area (Å²) in [6, 6.07) is 9.56. The van der Waals surface area contributed by atoms with Crippen LogP contribution in [0.2, 0.25) is 5.02 Å². The Kier molecular flexibility index (Phi) is 6.66. The smallest absolute Gasteiger partial charge is 0.221 e. The molecule has 2 heterocycles. The maximum atomic E-state index is 12.1. The number of nitrogens with one attached hydrogen (secondary N) is 1. The molecule has 1 aliphatic heterocycles. The van der Waals surface area contributed by atoms with Gasteiger partial charge in [-0.15, -0.1) is 0 Å². The third-order valence-corrected chi connectivity index (χ3v) is 4.98. The van der Waals surface area contributed by atoms with Gasteiger partial charge in [0.1, 0.15) is 0 Å². The molecular weight excluding hydrogens is 352 g/mol. The molecular formula is C19H25ClN4O2. The van der Waals surface area contributed by atoms with Crippen molar-refractivity contribution in [2.75, 3.05) is 32.7 Å². The quantitative estimate of drug-likeness (QED) is 0.804. The number of hydrogen-bond donors (Lipinski definition) is 1. The Morgan fingerprint density at radius 2 is 1.96 bits per heavy atom. The molecule has 3 rings (SSSR count). The number of nitrogens with zero attached hydrogens (tertiary/aromatic N) is 3. The molecule has 1 saturated heterocycles. The second-order valence-corrected chi connectivity index (χ2v) is 7.08. The minimum Gasteiger partial charge on any atom is -0.360 e. The fourth-order valence-electron chi connectivity index (χ4n) is 3.07. The highest BCUT2D eigenvalue weighted by atomic mass is 35.5. The summed E-state index contributed by atoms with van der Waals surface area (Å²) in [4.78, 5) is 16.8. The van der Waals surface area contributed by atoms with E-state index in [1.165, 1.54) is 0 Å². The zero-order valence-electron chi connectivity index (χ0n) is 15.1. The molecule has 140 valence electrons. The summed E-state index contributed by atoms with van der Waals surface area (Å²) < 4.78 is 5.28. The number of aryl methyl sites for hydroxylation is 1. The lowest BCUT2D eigenvalue weighted by Crippen LogP contribution is -2.46. The lowest BCUT2D eigenvalue weighted by molar-refractivity contribution is -0.121. The lowest BCUT2D eigenvalue weighted by atomic mass is 10.2. The van der Waals surface area contributed by atoms with Gasteiger partial charge in [0.25, 0.3) is 0 Å². The summed E-state index contributed by atoms with van der Waals surface area (Å²) in [7, 11) is 0. The Balaban J connectivity index is 1.33. The SMILES string of the molecule is Cc1cc(CN2CCN(CCC(=O)NCc3ccccc3Cl)CC2)on1. The first-order valence-corrected chi connectivity index (χ1v) is 9.35. The molecule has 0 saturated carbocycles. The predicted octanol–water partition coefficient (Wildman–Crippen LogP) is 2.46. The predicted molar refractivity (Wildman–Crippen MR) is 101 cm³/mol. The molecule has 1 aliphatic rings. The molecule has 1 amide bonds. The van der Waals surface area contributed by atoms with Crippen LogP contribution >= 0.6 is 11.6 Å². The highest BCUT2D eigenvalue weighted by Gasteiger charge is 2.18. The van der Waals surface area contributed by atoms with Crippen LogP contribution in [0.4, 0.5) is 0 Å². The Morgan fingerprint density at radius 1 is 1.23 bits per heavy atom. The fourth-order valence-corrected chi connectivity index (χ4v) is 3.27. The molecule has 0 atom stereocenters. The Hall–Kier alpha value is -1.89. The number of aromatic nitrogens is 1. The van der Waals surface area contributed by atoms with Crippen LogP contribution in [0.15, 0.2) is 34.9 Å². The summed E-state index contributed by atoms with van der Waals surface area (Å²) in [5.74, 6) is 0.972. The first kappa shape index (κ1) is 18.9. The van der Waals surface area contributed by atoms with E-state index in [1.807, 2.05) is 37.3 Å². The van der Waals surface area contributed by atoms with Gasteiger partial charge in [0.2, 0.25) is 5.91 Å². The Bertz CT molecular complexity index is 726. The van der Waals surface area contributed by atoms with Crippen molar-refractivity contribution in [3.8, 4) is 0 Å². The van der Waals surface area contributed by atoms with Gasteiger partial charge in [-0.1, -0.05) is 35.0 Å². The molecule has 1 aromatic carbocycles. The van der Waals surface area contributed by atoms with Crippen molar-refractivity contribution in [2.45, 2.75) is 26.4 Å². The van der Waals surface area contributed by atoms with E-state index in [-0.39, 0.29) is 5.91 Å². The largest absolute Gasteiger partial charge is 0.360 e. The number of amides is 1. The number of benzene rings is 1. The first-order chi connectivity index (χ1) is 12.6. The molecule has 0 aliphatic carbocycles. The standard InChI is InChI=1S/C19H25ClN4O2/c1-15-12-17(26-22-15)14-24-10-8-23(9-11-24)7-6-19(25)21-13-16-4-2-3-5-18(16)20/h2-5,12H,6-11,13-14H2,1H3,(H,21,25). The lowest BCUT2D eigenvalue weighted by Gasteiger charge is -2.33. The molecule has 0 radical (unpaired) electrons. The second-order valence-electron chi connectivity index (χ2n) is 6.67. The number of carbonyl (C=O) groups excluding carboxylic acids is 1. The van der Waals surface area contributed by atoms with Crippen molar-refractivity contribution in [3.63, 3.8) is 0 Å². The van der Waals surface area contributed by atoms with Gasteiger partial charge in [0, 0.05) is 56.8 Å². The van der Waals surface area contributed by atoms with Gasteiger partial charge in [0.05, 0.1) is 12.2 Å². The van der Waals surface area contributed by atoms with Gasteiger partial charge in [-0.05, 0) is 18.6 Å². The van der Waals surface area contributed by atoms with Crippen molar-refractivity contribution >= 4 is 17.5 Å². The van der Waals surface area contributed by atoms with E-state index in [0.717, 1.165) is 56.3 Å². The van der Waals surface area contributed by atoms with Gasteiger partial charge in [-0.25, -0.2) is 0 Å². The summed E-state index contributed by atoms with van der Waals surface area (Å²) >= 11 is 6.10. The number of carbonyl (C=O) groups is 1. The summed E-state index contributed by atoms with van der Waals surface area (Å²) in [5.41, 5.74) is 1.86. The monoisotopic (exact) mass is 376 g/mol. The Labute approximate surface area is 159 Å². The molecule has 26 heavy (non-hydrogen) atoms. The van der Waals surface area contributed by atoms with Gasteiger partial charge in [-0.2, -0.15) is 0 Å². The van der Waals surface area contributed by atoms with Crippen LogP contribution in [-0.2, 0) is 17.9 Å². The summed E-state index contributed by atoms with van der Waals surface area (Å²) in [6.07, 6.45) is 0.506. The van der Waals surface area contributed by atoms with E-state index in [9.17, 15) is 4.79 Å². The molecule has 0 unspecified atom stereocenters. The summed E-state index contributed by atoms with van der Waals surface area (Å²) in [6.45, 7) is 7.86.